The normalized spacial score (nSPS) is 10.7. The van der Waals surface area contributed by atoms with Gasteiger partial charge in [0.25, 0.3) is 0 Å². The number of benzene rings is 1. The van der Waals surface area contributed by atoms with E-state index < -0.39 is 0 Å². The molecule has 0 spiro atoms. The molecule has 2 aromatic rings. The molecule has 18 heavy (non-hydrogen) atoms. The molecule has 0 atom stereocenters. The van der Waals surface area contributed by atoms with Crippen molar-refractivity contribution < 1.29 is 4.79 Å². The Labute approximate surface area is 107 Å². The first-order chi connectivity index (χ1) is 8.41. The number of H-pyrrole nitrogens is 1. The van der Waals surface area contributed by atoms with Crippen LogP contribution < -0.4 is 5.73 Å². The van der Waals surface area contributed by atoms with Crippen molar-refractivity contribution in [1.82, 2.24) is 4.98 Å². The van der Waals surface area contributed by atoms with E-state index in [-0.39, 0.29) is 5.78 Å². The third-order valence-electron chi connectivity index (χ3n) is 3.58. The van der Waals surface area contributed by atoms with E-state index >= 15 is 0 Å². The lowest BCUT2D eigenvalue weighted by atomic mass is 10.0. The van der Waals surface area contributed by atoms with Gasteiger partial charge in [-0.3, -0.25) is 4.79 Å². The third kappa shape index (κ3) is 1.92. The summed E-state index contributed by atoms with van der Waals surface area (Å²) in [7, 11) is 0. The first-order valence-electron chi connectivity index (χ1n) is 5.98. The zero-order valence-electron chi connectivity index (χ0n) is 11.2. The molecule has 0 saturated heterocycles. The number of carbonyl (C=O) groups excluding carboxylic acids is 1. The van der Waals surface area contributed by atoms with Gasteiger partial charge in [0.15, 0.2) is 0 Å². The first kappa shape index (κ1) is 12.4. The van der Waals surface area contributed by atoms with E-state index in [1.54, 1.807) is 6.07 Å². The van der Waals surface area contributed by atoms with Crippen molar-refractivity contribution in [1.29, 1.82) is 0 Å². The van der Waals surface area contributed by atoms with Crippen molar-refractivity contribution in [3.63, 3.8) is 0 Å². The summed E-state index contributed by atoms with van der Waals surface area (Å²) in [6.45, 7) is 7.88. The number of ketones is 1. The molecule has 0 aliphatic rings. The van der Waals surface area contributed by atoms with Gasteiger partial charge in [0.2, 0.25) is 5.78 Å². The number of hydrogen-bond donors (Lipinski definition) is 2. The van der Waals surface area contributed by atoms with Gasteiger partial charge in [0.1, 0.15) is 0 Å². The minimum absolute atomic E-state index is 0.00426. The van der Waals surface area contributed by atoms with E-state index in [9.17, 15) is 4.79 Å². The van der Waals surface area contributed by atoms with Gasteiger partial charge in [0.05, 0.1) is 5.69 Å². The molecule has 0 saturated carbocycles. The van der Waals surface area contributed by atoms with Crippen molar-refractivity contribution in [2.45, 2.75) is 27.7 Å². The number of hydrogen-bond acceptors (Lipinski definition) is 2. The predicted molar refractivity (Wildman–Crippen MR) is 74.0 cm³/mol. The summed E-state index contributed by atoms with van der Waals surface area (Å²) in [4.78, 5) is 15.6. The molecule has 3 N–H and O–H groups in total. The van der Waals surface area contributed by atoms with Crippen LogP contribution in [0.3, 0.4) is 0 Å². The largest absolute Gasteiger partial charge is 0.398 e. The zero-order valence-corrected chi connectivity index (χ0v) is 11.2. The first-order valence-corrected chi connectivity index (χ1v) is 5.98. The molecule has 0 radical (unpaired) electrons. The highest BCUT2D eigenvalue weighted by molar-refractivity contribution is 6.09. The van der Waals surface area contributed by atoms with Gasteiger partial charge in [-0.05, 0) is 50.5 Å². The van der Waals surface area contributed by atoms with Gasteiger partial charge in [-0.25, -0.2) is 0 Å². The zero-order chi connectivity index (χ0) is 13.4. The Balaban J connectivity index is 2.48. The fourth-order valence-electron chi connectivity index (χ4n) is 2.00. The molecule has 1 heterocycles. The maximum absolute atomic E-state index is 12.4. The third-order valence-corrected chi connectivity index (χ3v) is 3.58. The minimum atomic E-state index is -0.00426. The summed E-state index contributed by atoms with van der Waals surface area (Å²) in [5.74, 6) is -0.00426. The Kier molecular flexibility index (Phi) is 2.99. The summed E-state index contributed by atoms with van der Waals surface area (Å²) in [5.41, 5.74) is 12.0. The fraction of sp³-hybridized carbons (Fsp3) is 0.267. The lowest BCUT2D eigenvalue weighted by Crippen LogP contribution is -2.05. The van der Waals surface area contributed by atoms with Gasteiger partial charge < -0.3 is 10.7 Å². The molecule has 2 rings (SSSR count). The van der Waals surface area contributed by atoms with Gasteiger partial charge in [-0.1, -0.05) is 12.1 Å². The molecule has 0 aliphatic heterocycles. The smallest absolute Gasteiger partial charge is 0.209 e. The van der Waals surface area contributed by atoms with Crippen LogP contribution in [-0.2, 0) is 0 Å². The number of rotatable bonds is 2. The molecule has 3 nitrogen and oxygen atoms in total. The predicted octanol–water partition coefficient (Wildman–Crippen LogP) is 3.06. The maximum atomic E-state index is 12.4. The lowest BCUT2D eigenvalue weighted by Gasteiger charge is -2.04. The number of aromatic amines is 1. The van der Waals surface area contributed by atoms with Crippen molar-refractivity contribution >= 4 is 11.5 Å². The molecule has 0 unspecified atom stereocenters. The van der Waals surface area contributed by atoms with Crippen molar-refractivity contribution in [2.75, 3.05) is 5.73 Å². The molecule has 0 bridgehead atoms. The SMILES string of the molecule is Cc1ccc(C(=O)c2[nH]c(C)c(C)c2C)cc1N. The average Bonchev–Trinajstić information content (AvgIpc) is 2.60. The Morgan fingerprint density at radius 1 is 1.11 bits per heavy atom. The van der Waals surface area contributed by atoms with Gasteiger partial charge in [-0.2, -0.15) is 0 Å². The van der Waals surface area contributed by atoms with Gasteiger partial charge in [0, 0.05) is 16.9 Å². The highest BCUT2D eigenvalue weighted by Gasteiger charge is 2.17. The number of nitrogen functional groups attached to an aromatic ring is 1. The van der Waals surface area contributed by atoms with Gasteiger partial charge in [-0.15, -0.1) is 0 Å². The number of carbonyl (C=O) groups is 1. The number of aromatic nitrogens is 1. The van der Waals surface area contributed by atoms with Crippen LogP contribution in [0.25, 0.3) is 0 Å². The fourth-order valence-corrected chi connectivity index (χ4v) is 2.00. The van der Waals surface area contributed by atoms with Crippen molar-refractivity contribution in [3.8, 4) is 0 Å². The second kappa shape index (κ2) is 4.33. The molecule has 0 aliphatic carbocycles. The number of aryl methyl sites for hydroxylation is 2. The van der Waals surface area contributed by atoms with Crippen molar-refractivity contribution in [3.05, 3.63) is 51.8 Å². The van der Waals surface area contributed by atoms with Crippen LogP contribution in [0.15, 0.2) is 18.2 Å². The highest BCUT2D eigenvalue weighted by atomic mass is 16.1. The topological polar surface area (TPSA) is 58.9 Å². The molecular formula is C15H18N2O. The highest BCUT2D eigenvalue weighted by Crippen LogP contribution is 2.21. The molecular weight excluding hydrogens is 224 g/mol. The number of anilines is 1. The summed E-state index contributed by atoms with van der Waals surface area (Å²) >= 11 is 0. The van der Waals surface area contributed by atoms with Crippen molar-refractivity contribution in [2.24, 2.45) is 0 Å². The van der Waals surface area contributed by atoms with Gasteiger partial charge >= 0.3 is 0 Å². The van der Waals surface area contributed by atoms with E-state index in [4.69, 9.17) is 5.73 Å². The monoisotopic (exact) mass is 242 g/mol. The summed E-state index contributed by atoms with van der Waals surface area (Å²) in [5, 5.41) is 0. The lowest BCUT2D eigenvalue weighted by molar-refractivity contribution is 0.103. The molecule has 0 fully saturated rings. The van der Waals surface area contributed by atoms with Crippen LogP contribution in [-0.4, -0.2) is 10.8 Å². The Hall–Kier alpha value is -2.03. The van der Waals surface area contributed by atoms with Crippen LogP contribution in [0.5, 0.6) is 0 Å². The molecule has 94 valence electrons. The molecule has 1 aromatic heterocycles. The van der Waals surface area contributed by atoms with Crippen LogP contribution in [0.2, 0.25) is 0 Å². The maximum Gasteiger partial charge on any atom is 0.209 e. The summed E-state index contributed by atoms with van der Waals surface area (Å²) in [6.07, 6.45) is 0. The average molecular weight is 242 g/mol. The van der Waals surface area contributed by atoms with Crippen LogP contribution in [0.4, 0.5) is 5.69 Å². The summed E-state index contributed by atoms with van der Waals surface area (Å²) in [6, 6.07) is 5.43. The van der Waals surface area contributed by atoms with E-state index in [1.165, 1.54) is 0 Å². The second-order valence-corrected chi connectivity index (χ2v) is 4.78. The standard InChI is InChI=1S/C15H18N2O/c1-8-5-6-12(7-13(8)16)15(18)14-10(3)9(2)11(4)17-14/h5-7,17H,16H2,1-4H3. The van der Waals surface area contributed by atoms with E-state index in [0.29, 0.717) is 16.9 Å². The quantitative estimate of drug-likeness (QED) is 0.628. The number of nitrogens with one attached hydrogen (secondary N) is 1. The van der Waals surface area contributed by atoms with Crippen LogP contribution in [0, 0.1) is 27.7 Å². The Bertz CT molecular complexity index is 624. The van der Waals surface area contributed by atoms with Crippen LogP contribution in [0.1, 0.15) is 38.4 Å². The Morgan fingerprint density at radius 3 is 2.28 bits per heavy atom. The minimum Gasteiger partial charge on any atom is -0.398 e. The Morgan fingerprint density at radius 2 is 1.78 bits per heavy atom. The molecule has 3 heteroatoms. The number of nitrogens with two attached hydrogens (primary N) is 1. The molecule has 0 amide bonds. The summed E-state index contributed by atoms with van der Waals surface area (Å²) < 4.78 is 0. The molecule has 1 aromatic carbocycles. The van der Waals surface area contributed by atoms with E-state index in [2.05, 4.69) is 4.98 Å². The second-order valence-electron chi connectivity index (χ2n) is 4.78. The van der Waals surface area contributed by atoms with E-state index in [1.807, 2.05) is 39.8 Å². The van der Waals surface area contributed by atoms with Crippen LogP contribution >= 0.6 is 0 Å². The van der Waals surface area contributed by atoms with E-state index in [0.717, 1.165) is 22.4 Å².